The van der Waals surface area contributed by atoms with Crippen molar-refractivity contribution in [3.05, 3.63) is 54.2 Å². The lowest BCUT2D eigenvalue weighted by Gasteiger charge is -2.36. The first-order chi connectivity index (χ1) is 14.1. The van der Waals surface area contributed by atoms with Crippen LogP contribution in [0.1, 0.15) is 18.9 Å². The van der Waals surface area contributed by atoms with Crippen molar-refractivity contribution in [2.75, 3.05) is 38.2 Å². The number of hydrogen-bond acceptors (Lipinski definition) is 5. The molecular formula is C22H28N4O3. The summed E-state index contributed by atoms with van der Waals surface area (Å²) in [7, 11) is 1.62. The average molecular weight is 396 g/mol. The molecule has 3 rings (SSSR count). The molecule has 29 heavy (non-hydrogen) atoms. The van der Waals surface area contributed by atoms with Gasteiger partial charge in [0.1, 0.15) is 17.6 Å². The van der Waals surface area contributed by atoms with Crippen LogP contribution >= 0.6 is 0 Å². The summed E-state index contributed by atoms with van der Waals surface area (Å²) in [5.74, 6) is 1.52. The first kappa shape index (κ1) is 20.6. The predicted octanol–water partition coefficient (Wildman–Crippen LogP) is 1.88. The third-order valence-corrected chi connectivity index (χ3v) is 5.13. The molecule has 2 amide bonds. The highest BCUT2D eigenvalue weighted by atomic mass is 16.5. The van der Waals surface area contributed by atoms with Crippen molar-refractivity contribution in [2.24, 2.45) is 0 Å². The van der Waals surface area contributed by atoms with E-state index >= 15 is 0 Å². The van der Waals surface area contributed by atoms with Crippen molar-refractivity contribution in [1.82, 2.24) is 15.2 Å². The van der Waals surface area contributed by atoms with Crippen LogP contribution in [-0.2, 0) is 16.0 Å². The second-order valence-electron chi connectivity index (χ2n) is 7.10. The second-order valence-corrected chi connectivity index (χ2v) is 7.10. The van der Waals surface area contributed by atoms with Gasteiger partial charge in [0.15, 0.2) is 0 Å². The van der Waals surface area contributed by atoms with Crippen molar-refractivity contribution in [3.63, 3.8) is 0 Å². The first-order valence-electron chi connectivity index (χ1n) is 9.94. The number of carbonyl (C=O) groups excluding carboxylic acids is 2. The molecule has 0 spiro atoms. The van der Waals surface area contributed by atoms with Crippen molar-refractivity contribution in [1.29, 1.82) is 0 Å². The molecule has 1 aromatic heterocycles. The van der Waals surface area contributed by atoms with E-state index in [-0.39, 0.29) is 11.8 Å². The lowest BCUT2D eigenvalue weighted by Crippen LogP contribution is -2.54. The normalized spacial score (nSPS) is 15.0. The number of hydrogen-bond donors (Lipinski definition) is 1. The van der Waals surface area contributed by atoms with E-state index in [1.54, 1.807) is 20.2 Å². The van der Waals surface area contributed by atoms with Crippen LogP contribution in [0.5, 0.6) is 5.75 Å². The number of methoxy groups -OCH3 is 1. The van der Waals surface area contributed by atoms with E-state index in [1.165, 1.54) is 0 Å². The molecule has 7 nitrogen and oxygen atoms in total. The molecule has 1 aromatic carbocycles. The smallest absolute Gasteiger partial charge is 0.244 e. The number of para-hydroxylation sites is 1. The molecule has 0 radical (unpaired) electrons. The fourth-order valence-corrected chi connectivity index (χ4v) is 3.50. The summed E-state index contributed by atoms with van der Waals surface area (Å²) in [5.41, 5.74) is 0.981. The van der Waals surface area contributed by atoms with E-state index in [4.69, 9.17) is 4.74 Å². The molecule has 2 aromatic rings. The van der Waals surface area contributed by atoms with Gasteiger partial charge in [0, 0.05) is 38.8 Å². The molecule has 0 aliphatic carbocycles. The van der Waals surface area contributed by atoms with E-state index in [0.29, 0.717) is 25.9 Å². The van der Waals surface area contributed by atoms with Gasteiger partial charge in [0.2, 0.25) is 11.8 Å². The summed E-state index contributed by atoms with van der Waals surface area (Å²) in [6.07, 6.45) is 2.65. The van der Waals surface area contributed by atoms with Crippen LogP contribution in [0.2, 0.25) is 0 Å². The van der Waals surface area contributed by atoms with Gasteiger partial charge < -0.3 is 19.9 Å². The van der Waals surface area contributed by atoms with Crippen LogP contribution in [0.4, 0.5) is 5.82 Å². The topological polar surface area (TPSA) is 74.8 Å². The number of piperazine rings is 1. The zero-order chi connectivity index (χ0) is 20.6. The number of rotatable bonds is 7. The predicted molar refractivity (Wildman–Crippen MR) is 112 cm³/mol. The molecule has 1 N–H and O–H groups in total. The Morgan fingerprint density at radius 1 is 1.10 bits per heavy atom. The summed E-state index contributed by atoms with van der Waals surface area (Å²) >= 11 is 0. The van der Waals surface area contributed by atoms with E-state index in [1.807, 2.05) is 47.4 Å². The Labute approximate surface area is 171 Å². The number of nitrogens with zero attached hydrogens (tertiary/aromatic N) is 3. The Bertz CT molecular complexity index is 820. The number of aryl methyl sites for hydroxylation is 1. The van der Waals surface area contributed by atoms with E-state index in [9.17, 15) is 9.59 Å². The summed E-state index contributed by atoms with van der Waals surface area (Å²) in [6, 6.07) is 12.9. The molecule has 1 fully saturated rings. The molecule has 2 heterocycles. The van der Waals surface area contributed by atoms with E-state index in [2.05, 4.69) is 15.2 Å². The van der Waals surface area contributed by atoms with Crippen LogP contribution in [0.15, 0.2) is 48.7 Å². The Kier molecular flexibility index (Phi) is 7.05. The molecule has 0 unspecified atom stereocenters. The number of anilines is 1. The molecular weight excluding hydrogens is 368 g/mol. The molecule has 1 aliphatic heterocycles. The number of benzene rings is 1. The SMILES string of the molecule is COc1ccccc1CCC(=O)N[C@@H](C)C(=O)N1CCN(c2ccccn2)CC1. The Balaban J connectivity index is 1.45. The molecule has 1 atom stereocenters. The maximum absolute atomic E-state index is 12.7. The van der Waals surface area contributed by atoms with Gasteiger partial charge in [-0.1, -0.05) is 24.3 Å². The number of ether oxygens (including phenoxy) is 1. The van der Waals surface area contributed by atoms with Gasteiger partial charge in [-0.2, -0.15) is 0 Å². The van der Waals surface area contributed by atoms with Crippen LogP contribution in [0.3, 0.4) is 0 Å². The number of pyridine rings is 1. The molecule has 154 valence electrons. The van der Waals surface area contributed by atoms with Crippen molar-refractivity contribution in [3.8, 4) is 5.75 Å². The second kappa shape index (κ2) is 9.91. The lowest BCUT2D eigenvalue weighted by molar-refractivity contribution is -0.136. The zero-order valence-electron chi connectivity index (χ0n) is 17.0. The summed E-state index contributed by atoms with van der Waals surface area (Å²) < 4.78 is 5.32. The summed E-state index contributed by atoms with van der Waals surface area (Å²) in [4.78, 5) is 33.4. The van der Waals surface area contributed by atoms with Crippen molar-refractivity contribution < 1.29 is 14.3 Å². The van der Waals surface area contributed by atoms with E-state index < -0.39 is 6.04 Å². The maximum Gasteiger partial charge on any atom is 0.244 e. The van der Waals surface area contributed by atoms with Crippen molar-refractivity contribution >= 4 is 17.6 Å². The van der Waals surface area contributed by atoms with Crippen LogP contribution in [-0.4, -0.2) is 61.0 Å². The Morgan fingerprint density at radius 3 is 2.52 bits per heavy atom. The highest BCUT2D eigenvalue weighted by molar-refractivity contribution is 5.87. The molecule has 0 saturated carbocycles. The third-order valence-electron chi connectivity index (χ3n) is 5.13. The third kappa shape index (κ3) is 5.47. The van der Waals surface area contributed by atoms with Gasteiger partial charge in [-0.15, -0.1) is 0 Å². The van der Waals surface area contributed by atoms with Crippen molar-refractivity contribution in [2.45, 2.75) is 25.8 Å². The Morgan fingerprint density at radius 2 is 1.83 bits per heavy atom. The van der Waals surface area contributed by atoms with Crippen LogP contribution in [0.25, 0.3) is 0 Å². The van der Waals surface area contributed by atoms with Gasteiger partial charge in [-0.05, 0) is 37.1 Å². The highest BCUT2D eigenvalue weighted by Gasteiger charge is 2.26. The molecule has 1 saturated heterocycles. The summed E-state index contributed by atoms with van der Waals surface area (Å²) in [5, 5.41) is 2.83. The standard InChI is InChI=1S/C22H28N4O3/c1-17(24-21(27)11-10-18-7-3-4-8-19(18)29-2)22(28)26-15-13-25(14-16-26)20-9-5-6-12-23-20/h3-9,12,17H,10-11,13-16H2,1-2H3,(H,24,27)/t17-/m0/s1. The monoisotopic (exact) mass is 396 g/mol. The van der Waals surface area contributed by atoms with Gasteiger partial charge in [-0.25, -0.2) is 4.98 Å². The minimum Gasteiger partial charge on any atom is -0.496 e. The fourth-order valence-electron chi connectivity index (χ4n) is 3.50. The Hall–Kier alpha value is -3.09. The minimum absolute atomic E-state index is 0.0451. The quantitative estimate of drug-likeness (QED) is 0.774. The molecule has 1 aliphatic rings. The van der Waals surface area contributed by atoms with Gasteiger partial charge in [-0.3, -0.25) is 9.59 Å². The maximum atomic E-state index is 12.7. The molecule has 0 bridgehead atoms. The zero-order valence-corrected chi connectivity index (χ0v) is 17.0. The van der Waals surface area contributed by atoms with Gasteiger partial charge in [0.05, 0.1) is 7.11 Å². The highest BCUT2D eigenvalue weighted by Crippen LogP contribution is 2.19. The number of amides is 2. The summed E-state index contributed by atoms with van der Waals surface area (Å²) in [6.45, 7) is 4.45. The van der Waals surface area contributed by atoms with Crippen LogP contribution in [0, 0.1) is 0 Å². The largest absolute Gasteiger partial charge is 0.496 e. The lowest BCUT2D eigenvalue weighted by atomic mass is 10.1. The van der Waals surface area contributed by atoms with Gasteiger partial charge >= 0.3 is 0 Å². The number of carbonyl (C=O) groups is 2. The average Bonchev–Trinajstić information content (AvgIpc) is 2.78. The van der Waals surface area contributed by atoms with Crippen LogP contribution < -0.4 is 15.0 Å². The fraction of sp³-hybridized carbons (Fsp3) is 0.409. The first-order valence-corrected chi connectivity index (χ1v) is 9.94. The molecule has 7 heteroatoms. The minimum atomic E-state index is -0.540. The number of aromatic nitrogens is 1. The van der Waals surface area contributed by atoms with Gasteiger partial charge in [0.25, 0.3) is 0 Å². The van der Waals surface area contributed by atoms with E-state index in [0.717, 1.165) is 30.2 Å². The number of nitrogens with one attached hydrogen (secondary N) is 1.